The molecule has 1 aromatic heterocycles. The Kier molecular flexibility index (Phi) is 6.97. The second-order valence-electron chi connectivity index (χ2n) is 7.58. The number of rotatable bonds is 8. The molecule has 0 saturated carbocycles. The summed E-state index contributed by atoms with van der Waals surface area (Å²) in [4.78, 5) is 12.5. The molecule has 6 nitrogen and oxygen atoms in total. The van der Waals surface area contributed by atoms with E-state index in [-0.39, 0.29) is 30.5 Å². The highest BCUT2D eigenvalue weighted by atomic mass is 32.2. The van der Waals surface area contributed by atoms with Crippen LogP contribution in [0.4, 0.5) is 0 Å². The van der Waals surface area contributed by atoms with Crippen LogP contribution in [0.5, 0.6) is 0 Å². The third kappa shape index (κ3) is 5.42. The fourth-order valence-electron chi connectivity index (χ4n) is 3.41. The largest absolute Gasteiger partial charge is 0.465 e. The van der Waals surface area contributed by atoms with Crippen molar-refractivity contribution in [2.75, 3.05) is 19.5 Å². The minimum Gasteiger partial charge on any atom is -0.465 e. The van der Waals surface area contributed by atoms with Crippen molar-refractivity contribution in [3.63, 3.8) is 0 Å². The molecule has 0 amide bonds. The van der Waals surface area contributed by atoms with Crippen molar-refractivity contribution in [1.82, 2.24) is 4.57 Å². The molecular weight excluding hydrogens is 414 g/mol. The highest BCUT2D eigenvalue weighted by Crippen LogP contribution is 2.31. The van der Waals surface area contributed by atoms with Gasteiger partial charge in [-0.25, -0.2) is 8.42 Å². The lowest BCUT2D eigenvalue weighted by molar-refractivity contribution is -0.143. The third-order valence-electron chi connectivity index (χ3n) is 5.12. The normalized spacial score (nSPS) is 11.5. The Morgan fingerprint density at radius 1 is 1.03 bits per heavy atom. The van der Waals surface area contributed by atoms with E-state index >= 15 is 0 Å². The molecule has 0 aliphatic rings. The summed E-state index contributed by atoms with van der Waals surface area (Å²) in [6.45, 7) is 4.13. The van der Waals surface area contributed by atoms with Gasteiger partial charge in [0.15, 0.2) is 9.84 Å². The fourth-order valence-corrected chi connectivity index (χ4v) is 4.04. The maximum absolute atomic E-state index is 12.3. The molecule has 0 fully saturated rings. The van der Waals surface area contributed by atoms with Crippen LogP contribution in [0, 0.1) is 13.8 Å². The van der Waals surface area contributed by atoms with Crippen LogP contribution in [0.15, 0.2) is 59.5 Å². The number of carbonyl (C=O) groups is 1. The van der Waals surface area contributed by atoms with Crippen LogP contribution in [0.1, 0.15) is 23.2 Å². The van der Waals surface area contributed by atoms with E-state index in [0.717, 1.165) is 33.8 Å². The van der Waals surface area contributed by atoms with Crippen LogP contribution >= 0.6 is 0 Å². The molecule has 3 rings (SSSR count). The molecule has 0 saturated heterocycles. The fraction of sp³-hybridized carbons (Fsp3) is 0.292. The smallest absolute Gasteiger partial charge is 0.310 e. The number of aryl methyl sites for hydroxylation is 1. The predicted octanol–water partition coefficient (Wildman–Crippen LogP) is 3.63. The zero-order valence-electron chi connectivity index (χ0n) is 18.0. The number of sulfone groups is 1. The van der Waals surface area contributed by atoms with E-state index in [2.05, 4.69) is 4.57 Å². The molecule has 2 aromatic carbocycles. The number of nitrogens with zero attached hydrogens (tertiary/aromatic N) is 1. The maximum Gasteiger partial charge on any atom is 0.310 e. The first-order valence-corrected chi connectivity index (χ1v) is 11.9. The summed E-state index contributed by atoms with van der Waals surface area (Å²) < 4.78 is 30.9. The van der Waals surface area contributed by atoms with Gasteiger partial charge in [0.05, 0.1) is 23.6 Å². The molecule has 0 unspecified atom stereocenters. The molecule has 0 spiro atoms. The number of aromatic nitrogens is 1. The third-order valence-corrected chi connectivity index (χ3v) is 6.25. The van der Waals surface area contributed by atoms with Crippen LogP contribution < -0.4 is 0 Å². The first-order valence-electron chi connectivity index (χ1n) is 10.1. The Morgan fingerprint density at radius 3 is 2.26 bits per heavy atom. The van der Waals surface area contributed by atoms with Crippen LogP contribution in [-0.2, 0) is 25.8 Å². The van der Waals surface area contributed by atoms with Crippen molar-refractivity contribution in [2.24, 2.45) is 0 Å². The molecule has 0 bridgehead atoms. The van der Waals surface area contributed by atoms with Gasteiger partial charge in [-0.05, 0) is 55.3 Å². The zero-order chi connectivity index (χ0) is 22.6. The first-order chi connectivity index (χ1) is 14.7. The summed E-state index contributed by atoms with van der Waals surface area (Å²) in [5.41, 5.74) is 5.53. The van der Waals surface area contributed by atoms with Crippen LogP contribution in [-0.4, -0.2) is 43.5 Å². The van der Waals surface area contributed by atoms with Gasteiger partial charge in [-0.15, -0.1) is 0 Å². The zero-order valence-corrected chi connectivity index (χ0v) is 18.8. The van der Waals surface area contributed by atoms with Crippen molar-refractivity contribution >= 4 is 15.8 Å². The van der Waals surface area contributed by atoms with Gasteiger partial charge in [0.25, 0.3) is 0 Å². The number of ether oxygens (including phenoxy) is 1. The standard InChI is InChI=1S/C24H27NO5S/c1-17-5-9-21(10-6-17)25-18(2)20(16-24(27)30-14-4-13-26)15-23(25)19-7-11-22(12-8-19)31(3,28)29/h5-12,15,26H,4,13-14,16H2,1-3H3. The Bertz CT molecular complexity index is 1160. The lowest BCUT2D eigenvalue weighted by Gasteiger charge is -2.13. The average Bonchev–Trinajstić information content (AvgIpc) is 3.04. The number of carbonyl (C=O) groups excluding carboxylic acids is 1. The SMILES string of the molecule is Cc1ccc(-n2c(-c3ccc(S(C)(=O)=O)cc3)cc(CC(=O)OCCCO)c2C)cc1. The van der Waals surface area contributed by atoms with Crippen molar-refractivity contribution in [2.45, 2.75) is 31.6 Å². The summed E-state index contributed by atoms with van der Waals surface area (Å²) >= 11 is 0. The van der Waals surface area contributed by atoms with Crippen molar-refractivity contribution in [3.05, 3.63) is 71.4 Å². The number of esters is 1. The minimum absolute atomic E-state index is 0.0241. The average molecular weight is 442 g/mol. The second-order valence-corrected chi connectivity index (χ2v) is 9.60. The topological polar surface area (TPSA) is 85.6 Å². The molecule has 7 heteroatoms. The molecule has 3 aromatic rings. The number of hydrogen-bond donors (Lipinski definition) is 1. The number of benzene rings is 2. The second kappa shape index (κ2) is 9.49. The Hall–Kier alpha value is -2.90. The van der Waals surface area contributed by atoms with E-state index < -0.39 is 9.84 Å². The van der Waals surface area contributed by atoms with E-state index in [1.807, 2.05) is 44.2 Å². The Balaban J connectivity index is 2.04. The van der Waals surface area contributed by atoms with Gasteiger partial charge in [0.2, 0.25) is 0 Å². The van der Waals surface area contributed by atoms with Gasteiger partial charge >= 0.3 is 5.97 Å². The summed E-state index contributed by atoms with van der Waals surface area (Å²) in [6, 6.07) is 16.8. The van der Waals surface area contributed by atoms with E-state index in [9.17, 15) is 13.2 Å². The molecule has 0 aliphatic carbocycles. The maximum atomic E-state index is 12.3. The van der Waals surface area contributed by atoms with Crippen molar-refractivity contribution in [1.29, 1.82) is 0 Å². The lowest BCUT2D eigenvalue weighted by atomic mass is 10.1. The number of aliphatic hydroxyl groups is 1. The Morgan fingerprint density at radius 2 is 1.68 bits per heavy atom. The predicted molar refractivity (Wildman–Crippen MR) is 120 cm³/mol. The highest BCUT2D eigenvalue weighted by Gasteiger charge is 2.18. The van der Waals surface area contributed by atoms with Crippen LogP contribution in [0.2, 0.25) is 0 Å². The summed E-state index contributed by atoms with van der Waals surface area (Å²) in [6.07, 6.45) is 1.71. The molecule has 31 heavy (non-hydrogen) atoms. The molecule has 0 aliphatic heterocycles. The van der Waals surface area contributed by atoms with Crippen LogP contribution in [0.3, 0.4) is 0 Å². The molecule has 164 valence electrons. The van der Waals surface area contributed by atoms with Gasteiger partial charge in [-0.1, -0.05) is 29.8 Å². The number of hydrogen-bond acceptors (Lipinski definition) is 5. The molecule has 1 N–H and O–H groups in total. The van der Waals surface area contributed by atoms with Crippen molar-refractivity contribution in [3.8, 4) is 16.9 Å². The van der Waals surface area contributed by atoms with Crippen molar-refractivity contribution < 1.29 is 23.1 Å². The van der Waals surface area contributed by atoms with Gasteiger partial charge in [-0.3, -0.25) is 4.79 Å². The molecule has 1 heterocycles. The summed E-state index contributed by atoms with van der Waals surface area (Å²) in [5.74, 6) is -0.350. The molecule has 0 radical (unpaired) electrons. The minimum atomic E-state index is -3.28. The van der Waals surface area contributed by atoms with Gasteiger partial charge in [-0.2, -0.15) is 0 Å². The molecule has 0 atom stereocenters. The van der Waals surface area contributed by atoms with E-state index in [1.165, 1.54) is 6.26 Å². The highest BCUT2D eigenvalue weighted by molar-refractivity contribution is 7.90. The monoisotopic (exact) mass is 441 g/mol. The van der Waals surface area contributed by atoms with E-state index in [0.29, 0.717) is 6.42 Å². The van der Waals surface area contributed by atoms with E-state index in [4.69, 9.17) is 9.84 Å². The summed E-state index contributed by atoms with van der Waals surface area (Å²) in [5, 5.41) is 8.86. The van der Waals surface area contributed by atoms with Gasteiger partial charge in [0.1, 0.15) is 0 Å². The Labute approximate surface area is 183 Å². The lowest BCUT2D eigenvalue weighted by Crippen LogP contribution is -2.10. The van der Waals surface area contributed by atoms with Gasteiger partial charge in [0, 0.05) is 30.7 Å². The quantitative estimate of drug-likeness (QED) is 0.426. The number of aliphatic hydroxyl groups excluding tert-OH is 1. The van der Waals surface area contributed by atoms with E-state index in [1.54, 1.807) is 24.3 Å². The molecular formula is C24H27NO5S. The van der Waals surface area contributed by atoms with Crippen LogP contribution in [0.25, 0.3) is 16.9 Å². The summed E-state index contributed by atoms with van der Waals surface area (Å²) in [7, 11) is -3.28. The first kappa shape index (κ1) is 22.8. The van der Waals surface area contributed by atoms with Gasteiger partial charge < -0.3 is 14.4 Å².